The van der Waals surface area contributed by atoms with E-state index in [-0.39, 0.29) is 17.0 Å². The fourth-order valence-electron chi connectivity index (χ4n) is 2.98. The van der Waals surface area contributed by atoms with Gasteiger partial charge in [0.25, 0.3) is 5.91 Å². The summed E-state index contributed by atoms with van der Waals surface area (Å²) in [6, 6.07) is 21.9. The number of nitrogens with zero attached hydrogens (tertiary/aromatic N) is 3. The number of amides is 1. The lowest BCUT2D eigenvalue weighted by Crippen LogP contribution is -2.28. The Morgan fingerprint density at radius 2 is 1.68 bits per heavy atom. The van der Waals surface area contributed by atoms with Crippen LogP contribution in [0.1, 0.15) is 11.1 Å². The average Bonchev–Trinajstić information content (AvgIpc) is 3.09. The van der Waals surface area contributed by atoms with Gasteiger partial charge in [-0.05, 0) is 41.8 Å². The van der Waals surface area contributed by atoms with Gasteiger partial charge in [0, 0.05) is 6.20 Å². The predicted octanol–water partition coefficient (Wildman–Crippen LogP) is 4.47. The molecule has 3 aromatic rings. The number of rotatable bonds is 5. The smallest absolute Gasteiger partial charge is 0.262 e. The quantitative estimate of drug-likeness (QED) is 0.644. The lowest BCUT2D eigenvalue weighted by molar-refractivity contribution is -0.117. The Morgan fingerprint density at radius 3 is 2.39 bits per heavy atom. The Labute approximate surface area is 167 Å². The number of hydrogen-bond donors (Lipinski definition) is 0. The third-order valence-corrected chi connectivity index (χ3v) is 5.58. The molecule has 1 atom stereocenters. The van der Waals surface area contributed by atoms with Crippen molar-refractivity contribution in [1.82, 2.24) is 4.98 Å². The Balaban J connectivity index is 1.55. The minimum absolute atomic E-state index is 0.168. The highest BCUT2D eigenvalue weighted by molar-refractivity contribution is 8.15. The van der Waals surface area contributed by atoms with Crippen LogP contribution in [0.25, 0.3) is 0 Å². The number of thioether (sulfide) groups is 1. The molecule has 0 aliphatic carbocycles. The first-order valence-corrected chi connectivity index (χ1v) is 9.83. The molecule has 0 bridgehead atoms. The van der Waals surface area contributed by atoms with Gasteiger partial charge in [0.05, 0.1) is 11.8 Å². The SMILES string of the molecule is O=C1N=C(N(Cc2ccccc2)c2ccccn2)SC1Cc1ccc(F)cc1. The number of benzene rings is 2. The molecule has 0 radical (unpaired) electrons. The van der Waals surface area contributed by atoms with E-state index in [1.807, 2.05) is 53.4 Å². The van der Waals surface area contributed by atoms with Crippen molar-refractivity contribution in [2.45, 2.75) is 18.2 Å². The van der Waals surface area contributed by atoms with Crippen LogP contribution in [0.4, 0.5) is 10.2 Å². The molecule has 6 heteroatoms. The van der Waals surface area contributed by atoms with E-state index < -0.39 is 0 Å². The zero-order valence-corrected chi connectivity index (χ0v) is 15.8. The molecule has 1 aliphatic rings. The molecule has 2 aromatic carbocycles. The maximum atomic E-state index is 13.1. The average molecular weight is 391 g/mol. The summed E-state index contributed by atoms with van der Waals surface area (Å²) in [4.78, 5) is 23.2. The molecule has 0 fully saturated rings. The molecule has 140 valence electrons. The highest BCUT2D eigenvalue weighted by Gasteiger charge is 2.32. The Kier molecular flexibility index (Phi) is 5.48. The number of anilines is 1. The maximum Gasteiger partial charge on any atom is 0.262 e. The molecule has 1 aromatic heterocycles. The van der Waals surface area contributed by atoms with Crippen molar-refractivity contribution >= 4 is 28.7 Å². The number of carbonyl (C=O) groups is 1. The number of aliphatic imine (C=N–C) groups is 1. The molecule has 0 spiro atoms. The third-order valence-electron chi connectivity index (χ3n) is 4.40. The van der Waals surface area contributed by atoms with E-state index in [1.54, 1.807) is 18.3 Å². The molecule has 2 heterocycles. The van der Waals surface area contributed by atoms with Gasteiger partial charge in [-0.2, -0.15) is 4.99 Å². The second-order valence-electron chi connectivity index (χ2n) is 6.43. The molecule has 1 aliphatic heterocycles. The maximum absolute atomic E-state index is 13.1. The van der Waals surface area contributed by atoms with Crippen LogP contribution < -0.4 is 4.90 Å². The molecule has 1 amide bonds. The molecule has 1 unspecified atom stereocenters. The molecule has 4 nitrogen and oxygen atoms in total. The van der Waals surface area contributed by atoms with E-state index in [0.717, 1.165) is 16.9 Å². The number of amidine groups is 1. The van der Waals surface area contributed by atoms with E-state index in [1.165, 1.54) is 23.9 Å². The van der Waals surface area contributed by atoms with Gasteiger partial charge in [0.2, 0.25) is 0 Å². The second kappa shape index (κ2) is 8.35. The van der Waals surface area contributed by atoms with Gasteiger partial charge in [-0.15, -0.1) is 0 Å². The fourth-order valence-corrected chi connectivity index (χ4v) is 4.10. The highest BCUT2D eigenvalue weighted by Crippen LogP contribution is 2.30. The van der Waals surface area contributed by atoms with Crippen LogP contribution >= 0.6 is 11.8 Å². The molecular weight excluding hydrogens is 373 g/mol. The van der Waals surface area contributed by atoms with Crippen molar-refractivity contribution in [1.29, 1.82) is 0 Å². The molecule has 0 saturated carbocycles. The first-order valence-electron chi connectivity index (χ1n) is 8.95. The van der Waals surface area contributed by atoms with Crippen molar-refractivity contribution < 1.29 is 9.18 Å². The largest absolute Gasteiger partial charge is 0.301 e. The van der Waals surface area contributed by atoms with Gasteiger partial charge in [0.15, 0.2) is 5.17 Å². The summed E-state index contributed by atoms with van der Waals surface area (Å²) >= 11 is 1.43. The van der Waals surface area contributed by atoms with E-state index in [2.05, 4.69) is 9.98 Å². The standard InChI is InChI=1S/C22H18FN3OS/c23-18-11-9-16(10-12-18)14-19-21(27)25-22(28-19)26(20-8-4-5-13-24-20)15-17-6-2-1-3-7-17/h1-13,19H,14-15H2. The predicted molar refractivity (Wildman–Crippen MR) is 111 cm³/mol. The Bertz CT molecular complexity index is 978. The summed E-state index contributed by atoms with van der Waals surface area (Å²) in [5.41, 5.74) is 2.02. The zero-order chi connectivity index (χ0) is 19.3. The fraction of sp³-hybridized carbons (Fsp3) is 0.136. The number of aromatic nitrogens is 1. The monoisotopic (exact) mass is 391 g/mol. The molecular formula is C22H18FN3OS. The van der Waals surface area contributed by atoms with Crippen LogP contribution in [0.5, 0.6) is 0 Å². The van der Waals surface area contributed by atoms with E-state index >= 15 is 0 Å². The summed E-state index contributed by atoms with van der Waals surface area (Å²) in [6.07, 6.45) is 2.24. The van der Waals surface area contributed by atoms with Gasteiger partial charge in [-0.25, -0.2) is 9.37 Å². The normalized spacial score (nSPS) is 16.1. The molecule has 28 heavy (non-hydrogen) atoms. The summed E-state index contributed by atoms with van der Waals surface area (Å²) in [6.45, 7) is 0.570. The third kappa shape index (κ3) is 4.28. The second-order valence-corrected chi connectivity index (χ2v) is 7.60. The lowest BCUT2D eigenvalue weighted by Gasteiger charge is -2.23. The van der Waals surface area contributed by atoms with Gasteiger partial charge in [-0.1, -0.05) is 60.3 Å². The Hall–Kier alpha value is -2.99. The van der Waals surface area contributed by atoms with Crippen LogP contribution in [-0.2, 0) is 17.8 Å². The van der Waals surface area contributed by atoms with Crippen LogP contribution in [0.3, 0.4) is 0 Å². The van der Waals surface area contributed by atoms with E-state index in [0.29, 0.717) is 18.1 Å². The van der Waals surface area contributed by atoms with Crippen LogP contribution in [0, 0.1) is 5.82 Å². The highest BCUT2D eigenvalue weighted by atomic mass is 32.2. The number of pyridine rings is 1. The molecule has 4 rings (SSSR count). The summed E-state index contributed by atoms with van der Waals surface area (Å²) in [5, 5.41) is 0.321. The van der Waals surface area contributed by atoms with Crippen molar-refractivity contribution in [2.24, 2.45) is 4.99 Å². The van der Waals surface area contributed by atoms with Crippen molar-refractivity contribution in [3.63, 3.8) is 0 Å². The number of halogens is 1. The van der Waals surface area contributed by atoms with Crippen molar-refractivity contribution in [3.05, 3.63) is 95.9 Å². The molecule has 0 N–H and O–H groups in total. The van der Waals surface area contributed by atoms with Crippen molar-refractivity contribution in [3.8, 4) is 0 Å². The molecule has 0 saturated heterocycles. The zero-order valence-electron chi connectivity index (χ0n) is 15.0. The van der Waals surface area contributed by atoms with Crippen LogP contribution in [-0.4, -0.2) is 21.3 Å². The van der Waals surface area contributed by atoms with Gasteiger partial charge in [-0.3, -0.25) is 4.79 Å². The number of carbonyl (C=O) groups excluding carboxylic acids is 1. The first kappa shape index (κ1) is 18.4. The lowest BCUT2D eigenvalue weighted by atomic mass is 10.1. The topological polar surface area (TPSA) is 45.6 Å². The Morgan fingerprint density at radius 1 is 0.929 bits per heavy atom. The first-order chi connectivity index (χ1) is 13.7. The summed E-state index contributed by atoms with van der Waals surface area (Å²) < 4.78 is 13.1. The van der Waals surface area contributed by atoms with Gasteiger partial charge >= 0.3 is 0 Å². The minimum atomic E-state index is -0.317. The van der Waals surface area contributed by atoms with E-state index in [9.17, 15) is 9.18 Å². The van der Waals surface area contributed by atoms with E-state index in [4.69, 9.17) is 0 Å². The van der Waals surface area contributed by atoms with Gasteiger partial charge < -0.3 is 4.90 Å². The van der Waals surface area contributed by atoms with Crippen LogP contribution in [0.15, 0.2) is 84.0 Å². The number of hydrogen-bond acceptors (Lipinski definition) is 4. The summed E-state index contributed by atoms with van der Waals surface area (Å²) in [5.74, 6) is 0.293. The van der Waals surface area contributed by atoms with Gasteiger partial charge in [0.1, 0.15) is 11.6 Å². The summed E-state index contributed by atoms with van der Waals surface area (Å²) in [7, 11) is 0. The van der Waals surface area contributed by atoms with Crippen molar-refractivity contribution in [2.75, 3.05) is 4.90 Å². The van der Waals surface area contributed by atoms with Crippen LogP contribution in [0.2, 0.25) is 0 Å². The minimum Gasteiger partial charge on any atom is -0.301 e.